The number of nitrogens with one attached hydrogen (secondary N) is 2. The third-order valence-corrected chi connectivity index (χ3v) is 4.25. The van der Waals surface area contributed by atoms with Crippen molar-refractivity contribution < 1.29 is 14.3 Å². The maximum absolute atomic E-state index is 12.5. The van der Waals surface area contributed by atoms with Gasteiger partial charge in [-0.1, -0.05) is 35.5 Å². The Morgan fingerprint density at radius 1 is 1.21 bits per heavy atom. The highest BCUT2D eigenvalue weighted by atomic mass is 16.7. The van der Waals surface area contributed by atoms with Gasteiger partial charge in [-0.15, -0.1) is 5.10 Å². The Morgan fingerprint density at radius 2 is 1.93 bits per heavy atom. The molecule has 0 radical (unpaired) electrons. The summed E-state index contributed by atoms with van der Waals surface area (Å²) in [5, 5.41) is 10.8. The van der Waals surface area contributed by atoms with Crippen molar-refractivity contribution in [3.8, 4) is 11.3 Å². The summed E-state index contributed by atoms with van der Waals surface area (Å²) >= 11 is 0. The molecule has 2 heterocycles. The SMILES string of the molecule is CCOC(Cn1cc(C(=O)NC(C)c2ncc(-c3ccccc3)[nH]2)nn1)OCC. The first-order chi connectivity index (χ1) is 14.1. The van der Waals surface area contributed by atoms with Crippen molar-refractivity contribution in [2.24, 2.45) is 0 Å². The molecule has 1 aromatic carbocycles. The molecule has 3 rings (SSSR count). The second-order valence-corrected chi connectivity index (χ2v) is 6.41. The summed E-state index contributed by atoms with van der Waals surface area (Å²) in [6, 6.07) is 9.57. The Balaban J connectivity index is 1.60. The molecule has 29 heavy (non-hydrogen) atoms. The van der Waals surface area contributed by atoms with E-state index in [2.05, 4.69) is 25.6 Å². The van der Waals surface area contributed by atoms with Crippen LogP contribution in [0.3, 0.4) is 0 Å². The lowest BCUT2D eigenvalue weighted by molar-refractivity contribution is -0.145. The van der Waals surface area contributed by atoms with Gasteiger partial charge < -0.3 is 19.8 Å². The molecule has 154 valence electrons. The van der Waals surface area contributed by atoms with Crippen LogP contribution in [0, 0.1) is 0 Å². The van der Waals surface area contributed by atoms with E-state index in [4.69, 9.17) is 9.47 Å². The molecule has 1 amide bonds. The molecular weight excluding hydrogens is 372 g/mol. The molecule has 0 saturated carbocycles. The topological polar surface area (TPSA) is 107 Å². The molecule has 9 nitrogen and oxygen atoms in total. The lowest BCUT2D eigenvalue weighted by Gasteiger charge is -2.16. The number of imidazole rings is 1. The Bertz CT molecular complexity index is 902. The minimum Gasteiger partial charge on any atom is -0.351 e. The molecule has 0 spiro atoms. The average Bonchev–Trinajstić information content (AvgIpc) is 3.39. The van der Waals surface area contributed by atoms with Crippen molar-refractivity contribution in [2.75, 3.05) is 13.2 Å². The number of amides is 1. The maximum atomic E-state index is 12.5. The van der Waals surface area contributed by atoms with Crippen LogP contribution in [0.4, 0.5) is 0 Å². The molecular formula is C20H26N6O3. The van der Waals surface area contributed by atoms with Gasteiger partial charge in [-0.3, -0.25) is 4.79 Å². The molecule has 1 unspecified atom stereocenters. The summed E-state index contributed by atoms with van der Waals surface area (Å²) in [5.74, 6) is 0.336. The predicted molar refractivity (Wildman–Crippen MR) is 107 cm³/mol. The van der Waals surface area contributed by atoms with E-state index in [9.17, 15) is 4.79 Å². The standard InChI is InChI=1S/C20H26N6O3/c1-4-28-18(29-5-2)13-26-12-17(24-25-26)20(27)22-14(3)19-21-11-16(23-19)15-9-7-6-8-10-15/h6-12,14,18H,4-5,13H2,1-3H3,(H,21,23)(H,22,27). The highest BCUT2D eigenvalue weighted by Gasteiger charge is 2.18. The van der Waals surface area contributed by atoms with Crippen molar-refractivity contribution in [1.82, 2.24) is 30.3 Å². The van der Waals surface area contributed by atoms with E-state index < -0.39 is 6.29 Å². The maximum Gasteiger partial charge on any atom is 0.274 e. The van der Waals surface area contributed by atoms with Crippen LogP contribution >= 0.6 is 0 Å². The van der Waals surface area contributed by atoms with Crippen molar-refractivity contribution >= 4 is 5.91 Å². The van der Waals surface area contributed by atoms with Crippen molar-refractivity contribution in [3.63, 3.8) is 0 Å². The number of aromatic amines is 1. The van der Waals surface area contributed by atoms with Crippen molar-refractivity contribution in [2.45, 2.75) is 39.6 Å². The smallest absolute Gasteiger partial charge is 0.274 e. The Kier molecular flexibility index (Phi) is 7.09. The molecule has 0 aliphatic heterocycles. The molecule has 0 bridgehead atoms. The Hall–Kier alpha value is -3.04. The largest absolute Gasteiger partial charge is 0.351 e. The summed E-state index contributed by atoms with van der Waals surface area (Å²) in [5.41, 5.74) is 2.15. The quantitative estimate of drug-likeness (QED) is 0.508. The third-order valence-electron chi connectivity index (χ3n) is 4.25. The average molecular weight is 398 g/mol. The van der Waals surface area contributed by atoms with Crippen LogP contribution in [0.1, 0.15) is 43.1 Å². The van der Waals surface area contributed by atoms with Gasteiger partial charge >= 0.3 is 0 Å². The highest BCUT2D eigenvalue weighted by molar-refractivity contribution is 5.92. The first-order valence-electron chi connectivity index (χ1n) is 9.65. The highest BCUT2D eigenvalue weighted by Crippen LogP contribution is 2.18. The lowest BCUT2D eigenvalue weighted by Crippen LogP contribution is -2.27. The van der Waals surface area contributed by atoms with Gasteiger partial charge in [-0.05, 0) is 26.3 Å². The summed E-state index contributed by atoms with van der Waals surface area (Å²) in [7, 11) is 0. The Morgan fingerprint density at radius 3 is 2.62 bits per heavy atom. The zero-order chi connectivity index (χ0) is 20.6. The molecule has 1 atom stereocenters. The van der Waals surface area contributed by atoms with Gasteiger partial charge in [0.15, 0.2) is 12.0 Å². The van der Waals surface area contributed by atoms with E-state index in [1.165, 1.54) is 4.68 Å². The predicted octanol–water partition coefficient (Wildman–Crippen LogP) is 2.56. The Labute approximate surface area is 169 Å². The lowest BCUT2D eigenvalue weighted by atomic mass is 10.2. The fourth-order valence-corrected chi connectivity index (χ4v) is 2.83. The molecule has 2 aromatic heterocycles. The van der Waals surface area contributed by atoms with Crippen molar-refractivity contribution in [1.29, 1.82) is 0 Å². The first-order valence-corrected chi connectivity index (χ1v) is 9.65. The van der Waals surface area contributed by atoms with Gasteiger partial charge in [0.25, 0.3) is 5.91 Å². The number of rotatable bonds is 10. The summed E-state index contributed by atoms with van der Waals surface area (Å²) in [4.78, 5) is 20.2. The number of H-pyrrole nitrogens is 1. The van der Waals surface area contributed by atoms with Gasteiger partial charge in [-0.2, -0.15) is 0 Å². The number of hydrogen-bond acceptors (Lipinski definition) is 6. The van der Waals surface area contributed by atoms with Crippen LogP contribution < -0.4 is 5.32 Å². The van der Waals surface area contributed by atoms with E-state index in [0.29, 0.717) is 25.6 Å². The van der Waals surface area contributed by atoms with E-state index in [1.54, 1.807) is 12.4 Å². The normalized spacial score (nSPS) is 12.3. The monoisotopic (exact) mass is 398 g/mol. The molecule has 0 fully saturated rings. The number of aromatic nitrogens is 5. The fourth-order valence-electron chi connectivity index (χ4n) is 2.83. The van der Waals surface area contributed by atoms with Crippen LogP contribution in [0.15, 0.2) is 42.7 Å². The molecule has 9 heteroatoms. The van der Waals surface area contributed by atoms with Gasteiger partial charge in [0.05, 0.1) is 30.7 Å². The molecule has 2 N–H and O–H groups in total. The minimum atomic E-state index is -0.430. The van der Waals surface area contributed by atoms with E-state index in [1.807, 2.05) is 51.1 Å². The van der Waals surface area contributed by atoms with Crippen LogP contribution in [0.5, 0.6) is 0 Å². The number of hydrogen-bond donors (Lipinski definition) is 2. The van der Waals surface area contributed by atoms with Crippen LogP contribution in [-0.2, 0) is 16.0 Å². The zero-order valence-electron chi connectivity index (χ0n) is 16.8. The molecule has 0 saturated heterocycles. The minimum absolute atomic E-state index is 0.221. The third kappa shape index (κ3) is 5.49. The molecule has 0 aliphatic carbocycles. The number of nitrogens with zero attached hydrogens (tertiary/aromatic N) is 4. The second kappa shape index (κ2) is 9.94. The summed E-state index contributed by atoms with van der Waals surface area (Å²) in [6.45, 7) is 7.06. The zero-order valence-corrected chi connectivity index (χ0v) is 16.8. The van der Waals surface area contributed by atoms with Crippen molar-refractivity contribution in [3.05, 3.63) is 54.2 Å². The van der Waals surface area contributed by atoms with Gasteiger partial charge in [-0.25, -0.2) is 9.67 Å². The molecule has 3 aromatic rings. The number of carbonyl (C=O) groups excluding carboxylic acids is 1. The molecule has 0 aliphatic rings. The number of carbonyl (C=O) groups is 1. The van der Waals surface area contributed by atoms with Gasteiger partial charge in [0, 0.05) is 13.2 Å². The summed E-state index contributed by atoms with van der Waals surface area (Å²) < 4.78 is 12.5. The number of benzene rings is 1. The van der Waals surface area contributed by atoms with E-state index >= 15 is 0 Å². The van der Waals surface area contributed by atoms with E-state index in [-0.39, 0.29) is 17.6 Å². The van der Waals surface area contributed by atoms with E-state index in [0.717, 1.165) is 11.3 Å². The summed E-state index contributed by atoms with van der Waals surface area (Å²) in [6.07, 6.45) is 2.90. The van der Waals surface area contributed by atoms with Gasteiger partial charge in [0.1, 0.15) is 5.82 Å². The van der Waals surface area contributed by atoms with Crippen LogP contribution in [-0.4, -0.2) is 50.4 Å². The van der Waals surface area contributed by atoms with Crippen LogP contribution in [0.2, 0.25) is 0 Å². The number of ether oxygens (including phenoxy) is 2. The van der Waals surface area contributed by atoms with Crippen LogP contribution in [0.25, 0.3) is 11.3 Å². The fraction of sp³-hybridized carbons (Fsp3) is 0.400. The second-order valence-electron chi connectivity index (χ2n) is 6.41. The first kappa shape index (κ1) is 20.7. The van der Waals surface area contributed by atoms with Gasteiger partial charge in [0.2, 0.25) is 0 Å².